The number of nitrogens with zero attached hydrogens (tertiary/aromatic N) is 2. The van der Waals surface area contributed by atoms with E-state index in [0.717, 1.165) is 43.1 Å². The lowest BCUT2D eigenvalue weighted by Gasteiger charge is -2.23. The number of carbonyl (C=O) groups excluding carboxylic acids is 2. The van der Waals surface area contributed by atoms with Crippen molar-refractivity contribution >= 4 is 23.2 Å². The average molecular weight is 313 g/mol. The van der Waals surface area contributed by atoms with E-state index in [1.54, 1.807) is 25.1 Å². The smallest absolute Gasteiger partial charge is 0.309 e. The summed E-state index contributed by atoms with van der Waals surface area (Å²) in [5.41, 5.74) is 1.90. The van der Waals surface area contributed by atoms with Crippen molar-refractivity contribution in [3.63, 3.8) is 0 Å². The van der Waals surface area contributed by atoms with Crippen LogP contribution in [0.4, 0.5) is 0 Å². The van der Waals surface area contributed by atoms with E-state index in [9.17, 15) is 9.59 Å². The Morgan fingerprint density at radius 2 is 2.13 bits per heavy atom. The summed E-state index contributed by atoms with van der Waals surface area (Å²) in [5, 5.41) is 3.97. The number of hydrogen-bond donors (Lipinski definition) is 1. The first-order valence-electron chi connectivity index (χ1n) is 7.80. The molecule has 0 aliphatic carbocycles. The fourth-order valence-electron chi connectivity index (χ4n) is 2.88. The van der Waals surface area contributed by atoms with Gasteiger partial charge in [0.1, 0.15) is 18.7 Å². The number of carbonyl (C=O) groups is 2. The summed E-state index contributed by atoms with van der Waals surface area (Å²) in [6.45, 7) is 3.48. The van der Waals surface area contributed by atoms with E-state index in [2.05, 4.69) is 15.3 Å². The predicted octanol–water partition coefficient (Wildman–Crippen LogP) is 2.05. The fourth-order valence-corrected chi connectivity index (χ4v) is 2.88. The second kappa shape index (κ2) is 6.83. The van der Waals surface area contributed by atoms with E-state index in [4.69, 9.17) is 4.74 Å². The van der Waals surface area contributed by atoms with Crippen molar-refractivity contribution in [3.8, 4) is 0 Å². The molecule has 1 aliphatic rings. The lowest BCUT2D eigenvalue weighted by atomic mass is 9.98. The first kappa shape index (κ1) is 15.6. The number of fused-ring (bicyclic) bond motifs is 1. The molecule has 1 aliphatic heterocycles. The molecule has 120 valence electrons. The Hall–Kier alpha value is -2.34. The van der Waals surface area contributed by atoms with Crippen LogP contribution in [0.1, 0.15) is 41.9 Å². The second-order valence-corrected chi connectivity index (χ2v) is 5.76. The lowest BCUT2D eigenvalue weighted by Crippen LogP contribution is -2.33. The minimum absolute atomic E-state index is 0.0580. The largest absolute Gasteiger partial charge is 0.456 e. The van der Waals surface area contributed by atoms with Gasteiger partial charge in [0.15, 0.2) is 0 Å². The molecule has 0 spiro atoms. The molecule has 3 rings (SSSR count). The molecule has 1 aromatic heterocycles. The summed E-state index contributed by atoms with van der Waals surface area (Å²) in [5.74, 6) is -0.241. The summed E-state index contributed by atoms with van der Waals surface area (Å²) in [6, 6.07) is 5.20. The Bertz CT molecular complexity index is 726. The van der Waals surface area contributed by atoms with Gasteiger partial charge < -0.3 is 10.1 Å². The minimum Gasteiger partial charge on any atom is -0.456 e. The second-order valence-electron chi connectivity index (χ2n) is 5.76. The number of hydrogen-bond acceptors (Lipinski definition) is 6. The molecule has 1 aromatic carbocycles. The van der Waals surface area contributed by atoms with Crippen LogP contribution in [0.3, 0.4) is 0 Å². The molecule has 6 heteroatoms. The molecule has 1 saturated heterocycles. The van der Waals surface area contributed by atoms with Gasteiger partial charge in [-0.1, -0.05) is 0 Å². The van der Waals surface area contributed by atoms with Crippen molar-refractivity contribution in [2.24, 2.45) is 5.92 Å². The zero-order chi connectivity index (χ0) is 16.2. The molecule has 0 amide bonds. The van der Waals surface area contributed by atoms with Gasteiger partial charge in [-0.25, -0.2) is 9.97 Å². The number of aromatic nitrogens is 2. The van der Waals surface area contributed by atoms with E-state index in [1.165, 1.54) is 6.33 Å². The van der Waals surface area contributed by atoms with E-state index < -0.39 is 6.10 Å². The Balaban J connectivity index is 1.83. The maximum atomic E-state index is 12.3. The van der Waals surface area contributed by atoms with Gasteiger partial charge in [-0.15, -0.1) is 0 Å². The zero-order valence-corrected chi connectivity index (χ0v) is 13.0. The maximum Gasteiger partial charge on any atom is 0.309 e. The Morgan fingerprint density at radius 3 is 2.87 bits per heavy atom. The molecule has 6 nitrogen and oxygen atoms in total. The molecular weight excluding hydrogens is 294 g/mol. The lowest BCUT2D eigenvalue weighted by molar-refractivity contribution is -0.154. The molecule has 0 saturated carbocycles. The quantitative estimate of drug-likeness (QED) is 0.687. The van der Waals surface area contributed by atoms with E-state index in [-0.39, 0.29) is 11.9 Å². The third-order valence-corrected chi connectivity index (χ3v) is 4.18. The Morgan fingerprint density at radius 1 is 1.35 bits per heavy atom. The third-order valence-electron chi connectivity index (χ3n) is 4.18. The van der Waals surface area contributed by atoms with Crippen LogP contribution < -0.4 is 5.32 Å². The summed E-state index contributed by atoms with van der Waals surface area (Å²) < 4.78 is 5.61. The van der Waals surface area contributed by atoms with E-state index in [1.807, 2.05) is 0 Å². The molecule has 1 fully saturated rings. The van der Waals surface area contributed by atoms with Gasteiger partial charge in [-0.3, -0.25) is 9.59 Å². The highest BCUT2D eigenvalue weighted by Crippen LogP contribution is 2.26. The summed E-state index contributed by atoms with van der Waals surface area (Å²) in [4.78, 5) is 31.7. The molecule has 0 bridgehead atoms. The standard InChI is InChI=1S/C17H19N3O3/c1-11(23-17(22)13-4-6-18-7-5-13)16-14-8-12(9-21)2-3-15(14)19-10-20-16/h2-3,8-11,13,18H,4-7H2,1H3. The molecule has 0 radical (unpaired) electrons. The van der Waals surface area contributed by atoms with Crippen LogP contribution in [-0.4, -0.2) is 35.3 Å². The highest BCUT2D eigenvalue weighted by atomic mass is 16.5. The molecule has 1 unspecified atom stereocenters. The number of nitrogens with one attached hydrogen (secondary N) is 1. The fraction of sp³-hybridized carbons (Fsp3) is 0.412. The topological polar surface area (TPSA) is 81.2 Å². The molecular formula is C17H19N3O3. The van der Waals surface area contributed by atoms with Crippen molar-refractivity contribution < 1.29 is 14.3 Å². The van der Waals surface area contributed by atoms with Gasteiger partial charge in [0, 0.05) is 10.9 Å². The number of esters is 1. The maximum absolute atomic E-state index is 12.3. The first-order valence-corrected chi connectivity index (χ1v) is 7.80. The average Bonchev–Trinajstić information content (AvgIpc) is 2.61. The molecule has 2 heterocycles. The van der Waals surface area contributed by atoms with Crippen molar-refractivity contribution in [2.45, 2.75) is 25.9 Å². The highest BCUT2D eigenvalue weighted by Gasteiger charge is 2.25. The van der Waals surface area contributed by atoms with Crippen LogP contribution in [-0.2, 0) is 9.53 Å². The van der Waals surface area contributed by atoms with Crippen molar-refractivity contribution in [3.05, 3.63) is 35.8 Å². The van der Waals surface area contributed by atoms with Gasteiger partial charge in [-0.2, -0.15) is 0 Å². The normalized spacial score (nSPS) is 16.9. The number of aldehydes is 1. The van der Waals surface area contributed by atoms with Gasteiger partial charge >= 0.3 is 5.97 Å². The van der Waals surface area contributed by atoms with Crippen LogP contribution in [0.5, 0.6) is 0 Å². The Kier molecular flexibility index (Phi) is 4.62. The predicted molar refractivity (Wildman–Crippen MR) is 85.0 cm³/mol. The van der Waals surface area contributed by atoms with Crippen LogP contribution in [0, 0.1) is 5.92 Å². The SMILES string of the molecule is CC(OC(=O)C1CCNCC1)c1ncnc2ccc(C=O)cc12. The van der Waals surface area contributed by atoms with Crippen LogP contribution in [0.25, 0.3) is 10.9 Å². The number of piperidine rings is 1. The van der Waals surface area contributed by atoms with Gasteiger partial charge in [0.2, 0.25) is 0 Å². The first-order chi connectivity index (χ1) is 11.2. The van der Waals surface area contributed by atoms with Crippen molar-refractivity contribution in [1.29, 1.82) is 0 Å². The molecule has 1 N–H and O–H groups in total. The zero-order valence-electron chi connectivity index (χ0n) is 13.0. The number of ether oxygens (including phenoxy) is 1. The van der Waals surface area contributed by atoms with Crippen LogP contribution in [0.2, 0.25) is 0 Å². The minimum atomic E-state index is -0.482. The van der Waals surface area contributed by atoms with Crippen molar-refractivity contribution in [1.82, 2.24) is 15.3 Å². The van der Waals surface area contributed by atoms with Gasteiger partial charge in [0.25, 0.3) is 0 Å². The monoisotopic (exact) mass is 313 g/mol. The highest BCUT2D eigenvalue weighted by molar-refractivity contribution is 5.88. The molecule has 1 atom stereocenters. The van der Waals surface area contributed by atoms with E-state index >= 15 is 0 Å². The summed E-state index contributed by atoms with van der Waals surface area (Å²) in [7, 11) is 0. The third kappa shape index (κ3) is 3.37. The number of benzene rings is 1. The summed E-state index contributed by atoms with van der Waals surface area (Å²) >= 11 is 0. The van der Waals surface area contributed by atoms with E-state index in [0.29, 0.717) is 11.3 Å². The van der Waals surface area contributed by atoms with Crippen molar-refractivity contribution in [2.75, 3.05) is 13.1 Å². The van der Waals surface area contributed by atoms with Gasteiger partial charge in [-0.05, 0) is 51.1 Å². The van der Waals surface area contributed by atoms with Crippen LogP contribution in [0.15, 0.2) is 24.5 Å². The van der Waals surface area contributed by atoms with Gasteiger partial charge in [0.05, 0.1) is 17.1 Å². The Labute approximate surface area is 134 Å². The molecule has 23 heavy (non-hydrogen) atoms. The molecule has 2 aromatic rings. The van der Waals surface area contributed by atoms with Crippen LogP contribution >= 0.6 is 0 Å². The number of rotatable bonds is 4. The summed E-state index contributed by atoms with van der Waals surface area (Å²) in [6.07, 6.45) is 3.34.